The van der Waals surface area contributed by atoms with Gasteiger partial charge in [-0.3, -0.25) is 0 Å². The lowest BCUT2D eigenvalue weighted by atomic mass is 10.7. The number of rotatable bonds is 2. The van der Waals surface area contributed by atoms with Crippen LogP contribution in [0.25, 0.3) is 0 Å². The van der Waals surface area contributed by atoms with Crippen LogP contribution in [0.2, 0.25) is 0 Å². The number of hydrogen-bond donors (Lipinski definition) is 0. The molecule has 0 rings (SSSR count). The van der Waals surface area contributed by atoms with Gasteiger partial charge in [-0.25, -0.2) is 0 Å². The van der Waals surface area contributed by atoms with Crippen molar-refractivity contribution >= 4 is 23.4 Å². The van der Waals surface area contributed by atoms with Crippen LogP contribution in [0.4, 0.5) is 0 Å². The Morgan fingerprint density at radius 3 is 3.00 bits per heavy atom. The monoisotopic (exact) mass is 147 g/mol. The highest BCUT2D eigenvalue weighted by molar-refractivity contribution is 8.02. The maximum Gasteiger partial charge on any atom is 0.124 e. The predicted molar refractivity (Wildman–Crippen MR) is 37.7 cm³/mol. The summed E-state index contributed by atoms with van der Waals surface area (Å²) in [4.78, 5) is 0. The summed E-state index contributed by atoms with van der Waals surface area (Å²) in [6.45, 7) is 2.00. The molecular formula is C5H6ClNS. The molecule has 8 heavy (non-hydrogen) atoms. The lowest BCUT2D eigenvalue weighted by Gasteiger charge is -1.81. The van der Waals surface area contributed by atoms with E-state index in [9.17, 15) is 0 Å². The Morgan fingerprint density at radius 1 is 2.00 bits per heavy atom. The number of thioether (sulfide) groups is 1. The molecule has 0 aliphatic carbocycles. The summed E-state index contributed by atoms with van der Waals surface area (Å²) in [5.74, 6) is 0.956. The molecule has 44 valence electrons. The summed E-state index contributed by atoms with van der Waals surface area (Å²) in [6.07, 6.45) is 0. The molecule has 0 spiro atoms. The fourth-order valence-electron chi connectivity index (χ4n) is 0.183. The van der Waals surface area contributed by atoms with Gasteiger partial charge in [-0.1, -0.05) is 18.5 Å². The molecule has 0 aliphatic heterocycles. The summed E-state index contributed by atoms with van der Waals surface area (Å²) in [7, 11) is 0. The normalized spacial score (nSPS) is 10.9. The van der Waals surface area contributed by atoms with Crippen LogP contribution < -0.4 is 0 Å². The van der Waals surface area contributed by atoms with E-state index in [-0.39, 0.29) is 5.03 Å². The van der Waals surface area contributed by atoms with Gasteiger partial charge in [0.05, 0.1) is 0 Å². The van der Waals surface area contributed by atoms with Crippen LogP contribution in [0.1, 0.15) is 6.92 Å². The molecule has 0 bridgehead atoms. The van der Waals surface area contributed by atoms with Crippen molar-refractivity contribution in [2.24, 2.45) is 0 Å². The second-order valence-corrected chi connectivity index (χ2v) is 2.59. The maximum absolute atomic E-state index is 8.10. The topological polar surface area (TPSA) is 23.8 Å². The second kappa shape index (κ2) is 5.02. The van der Waals surface area contributed by atoms with E-state index in [4.69, 9.17) is 16.9 Å². The SMILES string of the molecule is CCS/C=C(/Cl)C#N. The van der Waals surface area contributed by atoms with Crippen LogP contribution in [0.15, 0.2) is 10.4 Å². The summed E-state index contributed by atoms with van der Waals surface area (Å²) >= 11 is 6.85. The van der Waals surface area contributed by atoms with Gasteiger partial charge in [0.15, 0.2) is 0 Å². The first-order valence-electron chi connectivity index (χ1n) is 2.18. The van der Waals surface area contributed by atoms with E-state index in [1.165, 1.54) is 11.8 Å². The first-order chi connectivity index (χ1) is 3.81. The zero-order valence-corrected chi connectivity index (χ0v) is 6.09. The Balaban J connectivity index is 3.46. The van der Waals surface area contributed by atoms with E-state index < -0.39 is 0 Å². The van der Waals surface area contributed by atoms with Gasteiger partial charge in [-0.2, -0.15) is 5.26 Å². The van der Waals surface area contributed by atoms with E-state index in [0.717, 1.165) is 5.75 Å². The second-order valence-electron chi connectivity index (χ2n) is 1.03. The Hall–Kier alpha value is -0.130. The third-order valence-corrected chi connectivity index (χ3v) is 1.52. The minimum Gasteiger partial charge on any atom is -0.191 e. The largest absolute Gasteiger partial charge is 0.191 e. The molecule has 0 heterocycles. The Bertz CT molecular complexity index is 125. The number of hydrogen-bond acceptors (Lipinski definition) is 2. The zero-order valence-electron chi connectivity index (χ0n) is 4.52. The maximum atomic E-state index is 8.10. The van der Waals surface area contributed by atoms with Crippen molar-refractivity contribution in [1.29, 1.82) is 5.26 Å². The van der Waals surface area contributed by atoms with Gasteiger partial charge in [0.1, 0.15) is 11.1 Å². The van der Waals surface area contributed by atoms with E-state index in [2.05, 4.69) is 0 Å². The molecule has 0 aromatic rings. The van der Waals surface area contributed by atoms with E-state index in [1.807, 2.05) is 6.92 Å². The van der Waals surface area contributed by atoms with Crippen LogP contribution in [-0.4, -0.2) is 5.75 Å². The predicted octanol–water partition coefficient (Wildman–Crippen LogP) is 2.34. The first kappa shape index (κ1) is 7.87. The van der Waals surface area contributed by atoms with E-state index >= 15 is 0 Å². The van der Waals surface area contributed by atoms with Gasteiger partial charge >= 0.3 is 0 Å². The van der Waals surface area contributed by atoms with Gasteiger partial charge < -0.3 is 0 Å². The summed E-state index contributed by atoms with van der Waals surface area (Å²) in [5.41, 5.74) is 0. The lowest BCUT2D eigenvalue weighted by molar-refractivity contribution is 1.52. The van der Waals surface area contributed by atoms with Gasteiger partial charge in [0.2, 0.25) is 0 Å². The van der Waals surface area contributed by atoms with Gasteiger partial charge in [-0.15, -0.1) is 11.8 Å². The molecule has 0 saturated heterocycles. The average Bonchev–Trinajstić information content (AvgIpc) is 1.83. The highest BCUT2D eigenvalue weighted by Gasteiger charge is 1.82. The van der Waals surface area contributed by atoms with Crippen molar-refractivity contribution in [3.8, 4) is 6.07 Å². The molecule has 0 aliphatic rings. The molecule has 0 fully saturated rings. The van der Waals surface area contributed by atoms with Crippen molar-refractivity contribution in [3.63, 3.8) is 0 Å². The Morgan fingerprint density at radius 2 is 2.62 bits per heavy atom. The first-order valence-corrected chi connectivity index (χ1v) is 3.61. The number of nitrogens with zero attached hydrogens (tertiary/aromatic N) is 1. The van der Waals surface area contributed by atoms with Crippen LogP contribution in [-0.2, 0) is 0 Å². The van der Waals surface area contributed by atoms with Gasteiger partial charge in [0, 0.05) is 5.41 Å². The van der Waals surface area contributed by atoms with Crippen molar-refractivity contribution in [2.75, 3.05) is 5.75 Å². The highest BCUT2D eigenvalue weighted by atomic mass is 35.5. The molecule has 0 N–H and O–H groups in total. The molecule has 0 atom stereocenters. The lowest BCUT2D eigenvalue weighted by Crippen LogP contribution is -1.61. The highest BCUT2D eigenvalue weighted by Crippen LogP contribution is 2.08. The number of allylic oxidation sites excluding steroid dienone is 1. The minimum absolute atomic E-state index is 0.261. The summed E-state index contributed by atoms with van der Waals surface area (Å²) in [6, 6.07) is 1.81. The van der Waals surface area contributed by atoms with Crippen LogP contribution in [0.5, 0.6) is 0 Å². The van der Waals surface area contributed by atoms with Crippen LogP contribution in [0.3, 0.4) is 0 Å². The van der Waals surface area contributed by atoms with E-state index in [0.29, 0.717) is 0 Å². The molecule has 0 amide bonds. The summed E-state index contributed by atoms with van der Waals surface area (Å²) < 4.78 is 0. The van der Waals surface area contributed by atoms with Crippen LogP contribution >= 0.6 is 23.4 Å². The van der Waals surface area contributed by atoms with Crippen molar-refractivity contribution < 1.29 is 0 Å². The molecule has 0 saturated carbocycles. The van der Waals surface area contributed by atoms with Gasteiger partial charge in [-0.05, 0) is 5.75 Å². The Kier molecular flexibility index (Phi) is 4.93. The molecule has 0 unspecified atom stereocenters. The average molecular weight is 148 g/mol. The Labute approximate surface area is 58.3 Å². The fourth-order valence-corrected chi connectivity index (χ4v) is 0.738. The quantitative estimate of drug-likeness (QED) is 0.560. The van der Waals surface area contributed by atoms with E-state index in [1.54, 1.807) is 11.5 Å². The third-order valence-electron chi connectivity index (χ3n) is 0.460. The standard InChI is InChI=1S/C5H6ClNS/c1-2-8-4-5(6)3-7/h4H,2H2,1H3/b5-4+. The smallest absolute Gasteiger partial charge is 0.124 e. The fraction of sp³-hybridized carbons (Fsp3) is 0.400. The van der Waals surface area contributed by atoms with Crippen LogP contribution in [0, 0.1) is 11.3 Å². The van der Waals surface area contributed by atoms with Gasteiger partial charge in [0.25, 0.3) is 0 Å². The number of halogens is 1. The van der Waals surface area contributed by atoms with Crippen molar-refractivity contribution in [2.45, 2.75) is 6.92 Å². The molecule has 0 aromatic heterocycles. The summed E-state index contributed by atoms with van der Waals surface area (Å²) in [5, 5.41) is 10.00. The molecule has 1 nitrogen and oxygen atoms in total. The molecular weight excluding hydrogens is 142 g/mol. The zero-order chi connectivity index (χ0) is 6.41. The molecule has 0 aromatic carbocycles. The minimum atomic E-state index is 0.261. The van der Waals surface area contributed by atoms with Crippen molar-refractivity contribution in [3.05, 3.63) is 10.4 Å². The number of nitriles is 1. The molecule has 3 heteroatoms. The van der Waals surface area contributed by atoms with Crippen molar-refractivity contribution in [1.82, 2.24) is 0 Å². The molecule has 0 radical (unpaired) electrons. The third kappa shape index (κ3) is 4.04.